The molecular formula is C19H25NO5S. The fourth-order valence-corrected chi connectivity index (χ4v) is 3.91. The molecule has 0 aliphatic heterocycles. The molecule has 0 bridgehead atoms. The van der Waals surface area contributed by atoms with Gasteiger partial charge in [0.15, 0.2) is 11.5 Å². The standard InChI is InChI=1S/C19H25NO5S/c1-5-6-7-20-17(21)19(2,18(22)23)11-13-8-12-9-14(24-3)15(25-4)10-16(12)26-13/h8-10H,5-7,11H2,1-4H3,(H,20,21)(H,22,23). The minimum atomic E-state index is -1.51. The number of rotatable bonds is 9. The normalized spacial score (nSPS) is 13.2. The molecule has 1 amide bonds. The number of thiophene rings is 1. The van der Waals surface area contributed by atoms with Crippen molar-refractivity contribution < 1.29 is 24.2 Å². The topological polar surface area (TPSA) is 84.9 Å². The lowest BCUT2D eigenvalue weighted by Crippen LogP contribution is -2.46. The van der Waals surface area contributed by atoms with E-state index >= 15 is 0 Å². The fourth-order valence-electron chi connectivity index (χ4n) is 2.68. The first kappa shape index (κ1) is 20.0. The molecule has 2 aromatic rings. The van der Waals surface area contributed by atoms with E-state index in [4.69, 9.17) is 9.47 Å². The number of aliphatic carboxylic acids is 1. The number of carbonyl (C=O) groups excluding carboxylic acids is 1. The van der Waals surface area contributed by atoms with Crippen LogP contribution in [-0.4, -0.2) is 37.7 Å². The van der Waals surface area contributed by atoms with Crippen molar-refractivity contribution in [2.45, 2.75) is 33.1 Å². The Morgan fingerprint density at radius 3 is 2.42 bits per heavy atom. The van der Waals surface area contributed by atoms with Gasteiger partial charge in [-0.05, 0) is 30.9 Å². The molecule has 2 rings (SSSR count). The predicted molar refractivity (Wildman–Crippen MR) is 102 cm³/mol. The smallest absolute Gasteiger partial charge is 0.319 e. The van der Waals surface area contributed by atoms with E-state index < -0.39 is 17.3 Å². The van der Waals surface area contributed by atoms with E-state index in [1.807, 2.05) is 25.1 Å². The van der Waals surface area contributed by atoms with Gasteiger partial charge in [0, 0.05) is 28.6 Å². The van der Waals surface area contributed by atoms with Gasteiger partial charge in [-0.2, -0.15) is 0 Å². The van der Waals surface area contributed by atoms with Crippen molar-refractivity contribution in [2.24, 2.45) is 5.41 Å². The molecule has 26 heavy (non-hydrogen) atoms. The average molecular weight is 379 g/mol. The second-order valence-corrected chi connectivity index (χ2v) is 7.55. The van der Waals surface area contributed by atoms with Gasteiger partial charge in [0.05, 0.1) is 14.2 Å². The summed E-state index contributed by atoms with van der Waals surface area (Å²) in [5.74, 6) is -0.348. The number of methoxy groups -OCH3 is 2. The second-order valence-electron chi connectivity index (χ2n) is 6.38. The molecule has 2 N–H and O–H groups in total. The van der Waals surface area contributed by atoms with Gasteiger partial charge in [-0.15, -0.1) is 11.3 Å². The van der Waals surface area contributed by atoms with Crippen LogP contribution in [-0.2, 0) is 16.0 Å². The third-order valence-corrected chi connectivity index (χ3v) is 5.49. The lowest BCUT2D eigenvalue weighted by molar-refractivity contribution is -0.154. The van der Waals surface area contributed by atoms with Gasteiger partial charge in [-0.3, -0.25) is 9.59 Å². The Labute approximate surface area is 157 Å². The summed E-state index contributed by atoms with van der Waals surface area (Å²) in [7, 11) is 3.14. The van der Waals surface area contributed by atoms with Crippen LogP contribution in [0.5, 0.6) is 11.5 Å². The number of unbranched alkanes of at least 4 members (excludes halogenated alkanes) is 1. The predicted octanol–water partition coefficient (Wildman–Crippen LogP) is 3.47. The summed E-state index contributed by atoms with van der Waals surface area (Å²) in [6.45, 7) is 3.98. The van der Waals surface area contributed by atoms with E-state index in [0.29, 0.717) is 18.0 Å². The zero-order valence-electron chi connectivity index (χ0n) is 15.5. The molecule has 6 nitrogen and oxygen atoms in total. The lowest BCUT2D eigenvalue weighted by atomic mass is 9.85. The van der Waals surface area contributed by atoms with E-state index in [2.05, 4.69) is 5.32 Å². The van der Waals surface area contributed by atoms with Crippen LogP contribution in [0.15, 0.2) is 18.2 Å². The van der Waals surface area contributed by atoms with E-state index in [9.17, 15) is 14.7 Å². The quantitative estimate of drug-likeness (QED) is 0.515. The highest BCUT2D eigenvalue weighted by Gasteiger charge is 2.41. The summed E-state index contributed by atoms with van der Waals surface area (Å²) in [5, 5.41) is 13.3. The molecule has 0 fully saturated rings. The maximum atomic E-state index is 12.5. The highest BCUT2D eigenvalue weighted by atomic mass is 32.1. The Bertz CT molecular complexity index is 760. The molecule has 1 heterocycles. The highest BCUT2D eigenvalue weighted by molar-refractivity contribution is 7.19. The molecule has 0 saturated heterocycles. The molecule has 0 saturated carbocycles. The third-order valence-electron chi connectivity index (χ3n) is 4.39. The first-order valence-electron chi connectivity index (χ1n) is 8.51. The van der Waals surface area contributed by atoms with Crippen LogP contribution in [0.25, 0.3) is 10.1 Å². The maximum Gasteiger partial charge on any atom is 0.319 e. The van der Waals surface area contributed by atoms with Crippen LogP contribution in [0.1, 0.15) is 31.6 Å². The Morgan fingerprint density at radius 1 is 1.19 bits per heavy atom. The van der Waals surface area contributed by atoms with Crippen LogP contribution < -0.4 is 14.8 Å². The number of fused-ring (bicyclic) bond motifs is 1. The summed E-state index contributed by atoms with van der Waals surface area (Å²) in [4.78, 5) is 25.1. The van der Waals surface area contributed by atoms with Gasteiger partial charge in [-0.1, -0.05) is 13.3 Å². The monoisotopic (exact) mass is 379 g/mol. The Morgan fingerprint density at radius 2 is 1.85 bits per heavy atom. The molecule has 7 heteroatoms. The molecule has 0 spiro atoms. The van der Waals surface area contributed by atoms with Crippen LogP contribution in [0.3, 0.4) is 0 Å². The van der Waals surface area contributed by atoms with Crippen molar-refractivity contribution in [2.75, 3.05) is 20.8 Å². The molecule has 1 unspecified atom stereocenters. The number of benzene rings is 1. The Balaban J connectivity index is 2.30. The SMILES string of the molecule is CCCCNC(=O)C(C)(Cc1cc2cc(OC)c(OC)cc2s1)C(=O)O. The van der Waals surface area contributed by atoms with E-state index in [-0.39, 0.29) is 6.42 Å². The summed E-state index contributed by atoms with van der Waals surface area (Å²) < 4.78 is 11.6. The van der Waals surface area contributed by atoms with Crippen molar-refractivity contribution in [3.05, 3.63) is 23.1 Å². The largest absolute Gasteiger partial charge is 0.493 e. The summed E-state index contributed by atoms with van der Waals surface area (Å²) in [5.41, 5.74) is -1.51. The second kappa shape index (κ2) is 8.40. The van der Waals surface area contributed by atoms with Gasteiger partial charge in [-0.25, -0.2) is 0 Å². The highest BCUT2D eigenvalue weighted by Crippen LogP contribution is 2.38. The molecule has 0 aliphatic rings. The Hall–Kier alpha value is -2.28. The average Bonchev–Trinajstić information content (AvgIpc) is 3.00. The van der Waals surface area contributed by atoms with Crippen LogP contribution in [0, 0.1) is 5.41 Å². The molecule has 1 aromatic heterocycles. The molecular weight excluding hydrogens is 354 g/mol. The van der Waals surface area contributed by atoms with Crippen molar-refractivity contribution in [1.29, 1.82) is 0 Å². The van der Waals surface area contributed by atoms with E-state index in [1.54, 1.807) is 14.2 Å². The number of carboxylic acids is 1. The Kier molecular flexibility index (Phi) is 6.47. The van der Waals surface area contributed by atoms with E-state index in [0.717, 1.165) is 27.8 Å². The number of carboxylic acid groups (broad SMARTS) is 1. The molecule has 142 valence electrons. The fraction of sp³-hybridized carbons (Fsp3) is 0.474. The maximum absolute atomic E-state index is 12.5. The summed E-state index contributed by atoms with van der Waals surface area (Å²) in [6, 6.07) is 5.62. The van der Waals surface area contributed by atoms with Crippen molar-refractivity contribution in [3.63, 3.8) is 0 Å². The minimum absolute atomic E-state index is 0.129. The van der Waals surface area contributed by atoms with E-state index in [1.165, 1.54) is 18.3 Å². The number of carbonyl (C=O) groups is 2. The zero-order chi connectivity index (χ0) is 19.3. The molecule has 1 atom stereocenters. The minimum Gasteiger partial charge on any atom is -0.493 e. The first-order chi connectivity index (χ1) is 12.3. The number of hydrogen-bond donors (Lipinski definition) is 2. The zero-order valence-corrected chi connectivity index (χ0v) is 16.4. The van der Waals surface area contributed by atoms with Gasteiger partial charge in [0.25, 0.3) is 0 Å². The van der Waals surface area contributed by atoms with Crippen molar-refractivity contribution in [1.82, 2.24) is 5.32 Å². The van der Waals surface area contributed by atoms with Gasteiger partial charge in [0.2, 0.25) is 5.91 Å². The summed E-state index contributed by atoms with van der Waals surface area (Å²) in [6.07, 6.45) is 1.89. The third kappa shape index (κ3) is 4.09. The first-order valence-corrected chi connectivity index (χ1v) is 9.33. The molecule has 0 aliphatic carbocycles. The van der Waals surface area contributed by atoms with Gasteiger partial charge < -0.3 is 19.9 Å². The van der Waals surface area contributed by atoms with Crippen molar-refractivity contribution >= 4 is 33.3 Å². The number of nitrogens with one attached hydrogen (secondary N) is 1. The van der Waals surface area contributed by atoms with Crippen LogP contribution in [0.4, 0.5) is 0 Å². The van der Waals surface area contributed by atoms with Gasteiger partial charge >= 0.3 is 5.97 Å². The van der Waals surface area contributed by atoms with Crippen molar-refractivity contribution in [3.8, 4) is 11.5 Å². The number of ether oxygens (including phenoxy) is 2. The van der Waals surface area contributed by atoms with Gasteiger partial charge in [0.1, 0.15) is 5.41 Å². The number of hydrogen-bond acceptors (Lipinski definition) is 5. The molecule has 0 radical (unpaired) electrons. The van der Waals surface area contributed by atoms with Crippen LogP contribution >= 0.6 is 11.3 Å². The lowest BCUT2D eigenvalue weighted by Gasteiger charge is -2.23. The summed E-state index contributed by atoms with van der Waals surface area (Å²) >= 11 is 1.46. The van der Waals surface area contributed by atoms with Crippen LogP contribution in [0.2, 0.25) is 0 Å². The molecule has 1 aromatic carbocycles. The number of amides is 1.